The summed E-state index contributed by atoms with van der Waals surface area (Å²) in [4.78, 5) is 18.0. The Morgan fingerprint density at radius 2 is 1.82 bits per heavy atom. The molecule has 0 atom stereocenters. The molecular weight excluding hydrogens is 502 g/mol. The van der Waals surface area contributed by atoms with Crippen molar-refractivity contribution in [1.82, 2.24) is 29.7 Å². The minimum Gasteiger partial charge on any atom is -0.379 e. The molecule has 5 heterocycles. The lowest BCUT2D eigenvalue weighted by Crippen LogP contribution is -2.52. The summed E-state index contributed by atoms with van der Waals surface area (Å²) in [6, 6.07) is 8.52. The largest absolute Gasteiger partial charge is 0.379 e. The van der Waals surface area contributed by atoms with E-state index in [-0.39, 0.29) is 17.6 Å². The van der Waals surface area contributed by atoms with Crippen LogP contribution in [0.4, 0.5) is 26.2 Å². The summed E-state index contributed by atoms with van der Waals surface area (Å²) in [7, 11) is 0. The number of halogens is 2. The minimum absolute atomic E-state index is 0.0677. The summed E-state index contributed by atoms with van der Waals surface area (Å²) in [6.07, 6.45) is 7.67. The summed E-state index contributed by atoms with van der Waals surface area (Å²) in [6.45, 7) is 5.57. The Morgan fingerprint density at radius 3 is 2.56 bits per heavy atom. The van der Waals surface area contributed by atoms with Crippen LogP contribution < -0.4 is 15.5 Å². The number of benzene rings is 1. The minimum atomic E-state index is -0.575. The van der Waals surface area contributed by atoms with E-state index in [1.807, 2.05) is 23.1 Å². The van der Waals surface area contributed by atoms with Crippen LogP contribution in [0.15, 0.2) is 48.9 Å². The molecule has 39 heavy (non-hydrogen) atoms. The fraction of sp³-hybridized carbons (Fsp3) is 0.393. The van der Waals surface area contributed by atoms with Gasteiger partial charge in [-0.25, -0.2) is 18.7 Å². The van der Waals surface area contributed by atoms with Gasteiger partial charge in [-0.1, -0.05) is 0 Å². The van der Waals surface area contributed by atoms with Crippen molar-refractivity contribution in [3.63, 3.8) is 0 Å². The predicted octanol–water partition coefficient (Wildman–Crippen LogP) is 3.61. The van der Waals surface area contributed by atoms with Crippen LogP contribution in [0.1, 0.15) is 18.4 Å². The summed E-state index contributed by atoms with van der Waals surface area (Å²) >= 11 is 0. The fourth-order valence-electron chi connectivity index (χ4n) is 5.46. The molecule has 4 aromatic rings. The molecule has 2 saturated heterocycles. The molecule has 0 amide bonds. The zero-order valence-corrected chi connectivity index (χ0v) is 21.5. The highest BCUT2D eigenvalue weighted by atomic mass is 19.1. The number of piperazine rings is 1. The fourth-order valence-corrected chi connectivity index (χ4v) is 5.46. The Labute approximate surface area is 224 Å². The zero-order valence-electron chi connectivity index (χ0n) is 21.5. The van der Waals surface area contributed by atoms with Gasteiger partial charge in [0.2, 0.25) is 5.95 Å². The number of nitrogens with one attached hydrogen (secondary N) is 2. The summed E-state index contributed by atoms with van der Waals surface area (Å²) in [5.74, 6) is 0.184. The summed E-state index contributed by atoms with van der Waals surface area (Å²) < 4.78 is 37.1. The van der Waals surface area contributed by atoms with E-state index in [9.17, 15) is 0 Å². The van der Waals surface area contributed by atoms with Crippen molar-refractivity contribution in [2.24, 2.45) is 0 Å². The van der Waals surface area contributed by atoms with Gasteiger partial charge in [0.05, 0.1) is 30.8 Å². The van der Waals surface area contributed by atoms with Crippen molar-refractivity contribution >= 4 is 28.5 Å². The summed E-state index contributed by atoms with van der Waals surface area (Å²) in [5, 5.41) is 7.59. The van der Waals surface area contributed by atoms with E-state index in [0.29, 0.717) is 43.6 Å². The van der Waals surface area contributed by atoms with Gasteiger partial charge in [0.1, 0.15) is 23.1 Å². The quantitative estimate of drug-likeness (QED) is 0.390. The molecule has 0 unspecified atom stereocenters. The van der Waals surface area contributed by atoms with Crippen molar-refractivity contribution in [3.05, 3.63) is 66.1 Å². The van der Waals surface area contributed by atoms with E-state index in [1.165, 1.54) is 25.0 Å². The van der Waals surface area contributed by atoms with Gasteiger partial charge in [0.25, 0.3) is 0 Å². The molecule has 0 radical (unpaired) electrons. The number of morpholine rings is 1. The van der Waals surface area contributed by atoms with Crippen molar-refractivity contribution < 1.29 is 13.5 Å². The Bertz CT molecular complexity index is 1470. The van der Waals surface area contributed by atoms with E-state index in [1.54, 1.807) is 23.2 Å². The van der Waals surface area contributed by atoms with Gasteiger partial charge < -0.3 is 24.8 Å². The predicted molar refractivity (Wildman–Crippen MR) is 145 cm³/mol. The van der Waals surface area contributed by atoms with Crippen LogP contribution >= 0.6 is 0 Å². The number of hydrogen-bond acceptors (Lipinski definition) is 8. The third kappa shape index (κ3) is 4.93. The lowest BCUT2D eigenvalue weighted by molar-refractivity contribution is 0.0332. The van der Waals surface area contributed by atoms with E-state index in [4.69, 9.17) is 4.74 Å². The Balaban J connectivity index is 1.10. The molecule has 3 aliphatic rings. The van der Waals surface area contributed by atoms with Crippen molar-refractivity contribution in [2.75, 3.05) is 56.2 Å². The van der Waals surface area contributed by atoms with E-state index in [0.717, 1.165) is 36.5 Å². The monoisotopic (exact) mass is 532 g/mol. The maximum Gasteiger partial charge on any atom is 0.229 e. The molecule has 3 fully saturated rings. The van der Waals surface area contributed by atoms with Gasteiger partial charge in [-0.3, -0.25) is 4.90 Å². The molecule has 7 rings (SSSR count). The lowest BCUT2D eigenvalue weighted by Gasteiger charge is -2.34. The average Bonchev–Trinajstić information content (AvgIpc) is 3.55. The molecular formula is C28H30F2N8O. The zero-order chi connectivity index (χ0) is 26.4. The molecule has 9 nitrogen and oxygen atoms in total. The molecule has 2 N–H and O–H groups in total. The Morgan fingerprint density at radius 1 is 1.00 bits per heavy atom. The van der Waals surface area contributed by atoms with Gasteiger partial charge in [0, 0.05) is 68.2 Å². The van der Waals surface area contributed by atoms with Gasteiger partial charge >= 0.3 is 0 Å². The second-order valence-electron chi connectivity index (χ2n) is 10.6. The summed E-state index contributed by atoms with van der Waals surface area (Å²) in [5.41, 5.74) is 2.03. The van der Waals surface area contributed by atoms with Crippen LogP contribution in [-0.2, 0) is 11.3 Å². The molecule has 1 spiro atoms. The highest BCUT2D eigenvalue weighted by Crippen LogP contribution is 2.38. The topological polar surface area (TPSA) is 83.4 Å². The van der Waals surface area contributed by atoms with Crippen molar-refractivity contribution in [1.29, 1.82) is 0 Å². The smallest absolute Gasteiger partial charge is 0.229 e. The van der Waals surface area contributed by atoms with Crippen LogP contribution in [0.2, 0.25) is 0 Å². The molecule has 1 aromatic carbocycles. The van der Waals surface area contributed by atoms with Gasteiger partial charge in [-0.15, -0.1) is 0 Å². The number of ether oxygens (including phenoxy) is 1. The SMILES string of the molecule is Fc1cc(-n2ccc3cnc(Nc4ccc(N5CCNC6(CC6)C5)nc4)nc32)cc(F)c1CN1CCOCC1. The van der Waals surface area contributed by atoms with Crippen molar-refractivity contribution in [2.45, 2.75) is 24.9 Å². The third-order valence-corrected chi connectivity index (χ3v) is 7.87. The molecule has 1 aliphatic carbocycles. The third-order valence-electron chi connectivity index (χ3n) is 7.87. The van der Waals surface area contributed by atoms with E-state index >= 15 is 8.78 Å². The number of anilines is 3. The average molecular weight is 533 g/mol. The molecule has 2 aliphatic heterocycles. The molecule has 0 bridgehead atoms. The first-order valence-electron chi connectivity index (χ1n) is 13.4. The number of aromatic nitrogens is 4. The first-order chi connectivity index (χ1) is 19.1. The number of nitrogens with zero attached hydrogens (tertiary/aromatic N) is 6. The standard InChI is InChI=1S/C28H30F2N8O/c29-23-13-21(14-24(30)22(23)17-36-9-11-39-12-10-36)38-7-3-19-15-32-27(35-26(19)38)34-20-1-2-25(31-16-20)37-8-6-33-28(18-37)4-5-28/h1-3,7,13-16,33H,4-6,8-12,17-18H2,(H,32,34,35). The van der Waals surface area contributed by atoms with Crippen LogP contribution in [0.5, 0.6) is 0 Å². The number of pyridine rings is 1. The normalized spacial score (nSPS) is 19.1. The Kier molecular flexibility index (Phi) is 6.14. The molecule has 1 saturated carbocycles. The number of hydrogen-bond donors (Lipinski definition) is 2. The highest BCUT2D eigenvalue weighted by molar-refractivity contribution is 5.78. The second-order valence-corrected chi connectivity index (χ2v) is 10.6. The van der Waals surface area contributed by atoms with Gasteiger partial charge in [-0.2, -0.15) is 4.98 Å². The van der Waals surface area contributed by atoms with Crippen molar-refractivity contribution in [3.8, 4) is 5.69 Å². The second kappa shape index (κ2) is 9.82. The van der Waals surface area contributed by atoms with Crippen LogP contribution in [0.3, 0.4) is 0 Å². The molecule has 3 aromatic heterocycles. The first kappa shape index (κ1) is 24.4. The van der Waals surface area contributed by atoms with Crippen LogP contribution in [-0.4, -0.2) is 75.9 Å². The lowest BCUT2D eigenvalue weighted by atomic mass is 10.1. The molecule has 11 heteroatoms. The van der Waals surface area contributed by atoms with Gasteiger partial charge in [0.15, 0.2) is 0 Å². The van der Waals surface area contributed by atoms with Crippen LogP contribution in [0, 0.1) is 11.6 Å². The van der Waals surface area contributed by atoms with E-state index in [2.05, 4.69) is 30.5 Å². The number of rotatable bonds is 6. The van der Waals surface area contributed by atoms with Gasteiger partial charge in [-0.05, 0) is 43.2 Å². The van der Waals surface area contributed by atoms with Crippen LogP contribution in [0.25, 0.3) is 16.7 Å². The number of fused-ring (bicyclic) bond motifs is 1. The maximum atomic E-state index is 15.1. The first-order valence-corrected chi connectivity index (χ1v) is 13.4. The van der Waals surface area contributed by atoms with E-state index < -0.39 is 11.6 Å². The Hall–Kier alpha value is -3.67. The highest BCUT2D eigenvalue weighted by Gasteiger charge is 2.45. The maximum absolute atomic E-state index is 15.1. The molecule has 202 valence electrons.